The van der Waals surface area contributed by atoms with Gasteiger partial charge in [0.15, 0.2) is 0 Å². The molecule has 0 radical (unpaired) electrons. The molecule has 2 fully saturated rings. The molecule has 2 aliphatic rings. The molecule has 2 aliphatic carbocycles. The highest BCUT2D eigenvalue weighted by Crippen LogP contribution is 2.42. The van der Waals surface area contributed by atoms with Gasteiger partial charge in [-0.25, -0.2) is 9.97 Å². The van der Waals surface area contributed by atoms with Crippen molar-refractivity contribution in [1.82, 2.24) is 9.97 Å². The molecule has 1 aromatic rings. The van der Waals surface area contributed by atoms with E-state index in [1.54, 1.807) is 0 Å². The third kappa shape index (κ3) is 1.45. The maximum atomic E-state index is 4.65. The quantitative estimate of drug-likeness (QED) is 0.688. The van der Waals surface area contributed by atoms with E-state index < -0.39 is 0 Å². The van der Waals surface area contributed by atoms with Crippen LogP contribution in [0.25, 0.3) is 0 Å². The first kappa shape index (κ1) is 7.48. The van der Waals surface area contributed by atoms with Crippen LogP contribution in [0.1, 0.15) is 54.7 Å². The molecule has 1 heterocycles. The van der Waals surface area contributed by atoms with Gasteiger partial charge in [-0.05, 0) is 38.7 Å². The molecule has 3 rings (SSSR count). The number of hydrogen-bond acceptors (Lipinski definition) is 2. The molecule has 2 nitrogen and oxygen atoms in total. The van der Waals surface area contributed by atoms with Gasteiger partial charge in [0, 0.05) is 23.2 Å². The normalized spacial score (nSPS) is 21.9. The van der Waals surface area contributed by atoms with Crippen LogP contribution in [-0.2, 0) is 0 Å². The van der Waals surface area contributed by atoms with Crippen molar-refractivity contribution in [2.75, 3.05) is 0 Å². The second-order valence-electron chi connectivity index (χ2n) is 4.34. The average Bonchev–Trinajstić information content (AvgIpc) is 2.98. The average molecular weight is 174 g/mol. The second kappa shape index (κ2) is 2.53. The predicted octanol–water partition coefficient (Wildman–Crippen LogP) is 2.54. The van der Waals surface area contributed by atoms with Crippen LogP contribution in [0.4, 0.5) is 0 Å². The van der Waals surface area contributed by atoms with Crippen LogP contribution < -0.4 is 0 Å². The molecule has 0 spiro atoms. The van der Waals surface area contributed by atoms with E-state index in [4.69, 9.17) is 0 Å². The maximum absolute atomic E-state index is 4.65. The highest BCUT2D eigenvalue weighted by atomic mass is 14.9. The number of aromatic nitrogens is 2. The van der Waals surface area contributed by atoms with E-state index >= 15 is 0 Å². The Morgan fingerprint density at radius 2 is 1.77 bits per heavy atom. The smallest absolute Gasteiger partial charge is 0.131 e. The summed E-state index contributed by atoms with van der Waals surface area (Å²) in [5.41, 5.74) is 2.45. The fraction of sp³-hybridized carbons (Fsp3) is 0.636. The minimum atomic E-state index is 0.692. The first-order valence-corrected chi connectivity index (χ1v) is 5.18. The Morgan fingerprint density at radius 3 is 2.38 bits per heavy atom. The Labute approximate surface area is 78.4 Å². The molecule has 0 bridgehead atoms. The van der Waals surface area contributed by atoms with Crippen molar-refractivity contribution in [3.8, 4) is 0 Å². The lowest BCUT2D eigenvalue weighted by atomic mass is 10.2. The lowest BCUT2D eigenvalue weighted by Crippen LogP contribution is -1.98. The first-order valence-electron chi connectivity index (χ1n) is 5.18. The molecule has 0 amide bonds. The van der Waals surface area contributed by atoms with Gasteiger partial charge in [-0.2, -0.15) is 0 Å². The molecule has 1 aromatic heterocycles. The van der Waals surface area contributed by atoms with Crippen molar-refractivity contribution in [2.45, 2.75) is 44.4 Å². The largest absolute Gasteiger partial charge is 0.238 e. The number of rotatable bonds is 2. The summed E-state index contributed by atoms with van der Waals surface area (Å²) in [6.45, 7) is 2.08. The van der Waals surface area contributed by atoms with Crippen LogP contribution in [0.5, 0.6) is 0 Å². The van der Waals surface area contributed by atoms with Crippen molar-refractivity contribution in [3.05, 3.63) is 23.3 Å². The van der Waals surface area contributed by atoms with Crippen LogP contribution in [0.2, 0.25) is 0 Å². The van der Waals surface area contributed by atoms with Gasteiger partial charge in [0.25, 0.3) is 0 Å². The van der Waals surface area contributed by atoms with Crippen molar-refractivity contribution in [1.29, 1.82) is 0 Å². The van der Waals surface area contributed by atoms with Gasteiger partial charge in [-0.1, -0.05) is 0 Å². The SMILES string of the molecule is Cc1cc(C2CC2)nc(C2CC2)n1. The molecule has 0 unspecified atom stereocenters. The predicted molar refractivity (Wildman–Crippen MR) is 50.7 cm³/mol. The van der Waals surface area contributed by atoms with Gasteiger partial charge in [-0.3, -0.25) is 0 Å². The molecule has 0 N–H and O–H groups in total. The second-order valence-corrected chi connectivity index (χ2v) is 4.34. The van der Waals surface area contributed by atoms with Gasteiger partial charge in [-0.15, -0.1) is 0 Å². The summed E-state index contributed by atoms with van der Waals surface area (Å²) in [6, 6.07) is 2.16. The standard InChI is InChI=1S/C11H14N2/c1-7-6-10(8-2-3-8)13-11(12-7)9-4-5-9/h6,8-9H,2-5H2,1H3. The van der Waals surface area contributed by atoms with Crippen LogP contribution >= 0.6 is 0 Å². The Hall–Kier alpha value is -0.920. The van der Waals surface area contributed by atoms with E-state index in [9.17, 15) is 0 Å². The summed E-state index contributed by atoms with van der Waals surface area (Å²) in [5, 5.41) is 0. The number of nitrogens with zero attached hydrogens (tertiary/aromatic N) is 2. The highest BCUT2D eigenvalue weighted by molar-refractivity contribution is 5.20. The lowest BCUT2D eigenvalue weighted by molar-refractivity contribution is 0.856. The van der Waals surface area contributed by atoms with E-state index in [1.807, 2.05) is 0 Å². The van der Waals surface area contributed by atoms with Gasteiger partial charge in [0.2, 0.25) is 0 Å². The molecule has 68 valence electrons. The number of aryl methyl sites for hydroxylation is 1. The summed E-state index contributed by atoms with van der Waals surface area (Å²) in [4.78, 5) is 9.14. The summed E-state index contributed by atoms with van der Waals surface area (Å²) in [7, 11) is 0. The minimum Gasteiger partial charge on any atom is -0.238 e. The molecular formula is C11H14N2. The topological polar surface area (TPSA) is 25.8 Å². The van der Waals surface area contributed by atoms with Crippen molar-refractivity contribution >= 4 is 0 Å². The molecule has 2 saturated carbocycles. The fourth-order valence-electron chi connectivity index (χ4n) is 1.73. The van der Waals surface area contributed by atoms with E-state index in [-0.39, 0.29) is 0 Å². The Kier molecular flexibility index (Phi) is 1.46. The third-order valence-electron chi connectivity index (χ3n) is 2.83. The van der Waals surface area contributed by atoms with Gasteiger partial charge >= 0.3 is 0 Å². The van der Waals surface area contributed by atoms with E-state index in [1.165, 1.54) is 31.4 Å². The minimum absolute atomic E-state index is 0.692. The maximum Gasteiger partial charge on any atom is 0.131 e. The Morgan fingerprint density at radius 1 is 1.08 bits per heavy atom. The Bertz CT molecular complexity index is 308. The zero-order valence-electron chi connectivity index (χ0n) is 7.95. The highest BCUT2D eigenvalue weighted by Gasteiger charge is 2.30. The van der Waals surface area contributed by atoms with E-state index in [0.717, 1.165) is 17.4 Å². The van der Waals surface area contributed by atoms with E-state index in [0.29, 0.717) is 5.92 Å². The molecular weight excluding hydrogens is 160 g/mol. The fourth-order valence-corrected chi connectivity index (χ4v) is 1.73. The zero-order chi connectivity index (χ0) is 8.84. The van der Waals surface area contributed by atoms with Crippen LogP contribution in [0.15, 0.2) is 6.07 Å². The molecule has 0 aromatic carbocycles. The van der Waals surface area contributed by atoms with Crippen LogP contribution in [0, 0.1) is 6.92 Å². The van der Waals surface area contributed by atoms with Crippen molar-refractivity contribution in [2.24, 2.45) is 0 Å². The molecule has 0 aliphatic heterocycles. The lowest BCUT2D eigenvalue weighted by Gasteiger charge is -2.03. The molecule has 13 heavy (non-hydrogen) atoms. The third-order valence-corrected chi connectivity index (χ3v) is 2.83. The molecule has 0 saturated heterocycles. The molecule has 0 atom stereocenters. The van der Waals surface area contributed by atoms with Crippen LogP contribution in [0.3, 0.4) is 0 Å². The van der Waals surface area contributed by atoms with E-state index in [2.05, 4.69) is 23.0 Å². The van der Waals surface area contributed by atoms with Gasteiger partial charge in [0.1, 0.15) is 5.82 Å². The van der Waals surface area contributed by atoms with Crippen molar-refractivity contribution < 1.29 is 0 Å². The summed E-state index contributed by atoms with van der Waals surface area (Å²) in [6.07, 6.45) is 5.27. The summed E-state index contributed by atoms with van der Waals surface area (Å²) >= 11 is 0. The van der Waals surface area contributed by atoms with Crippen molar-refractivity contribution in [3.63, 3.8) is 0 Å². The summed E-state index contributed by atoms with van der Waals surface area (Å²) in [5.74, 6) is 2.57. The van der Waals surface area contributed by atoms with Crippen LogP contribution in [-0.4, -0.2) is 9.97 Å². The number of hydrogen-bond donors (Lipinski definition) is 0. The first-order chi connectivity index (χ1) is 6.33. The summed E-state index contributed by atoms with van der Waals surface area (Å²) < 4.78 is 0. The zero-order valence-corrected chi connectivity index (χ0v) is 7.95. The van der Waals surface area contributed by atoms with Gasteiger partial charge < -0.3 is 0 Å². The molecule has 2 heteroatoms. The monoisotopic (exact) mass is 174 g/mol. The Balaban J connectivity index is 1.99. The van der Waals surface area contributed by atoms with Gasteiger partial charge in [0.05, 0.1) is 0 Å².